The predicted octanol–water partition coefficient (Wildman–Crippen LogP) is -18.5. The van der Waals surface area contributed by atoms with Crippen molar-refractivity contribution in [1.29, 1.82) is 0 Å². The first-order chi connectivity index (χ1) is 0. The summed E-state index contributed by atoms with van der Waals surface area (Å²) in [5, 5.41) is 0. The van der Waals surface area contributed by atoms with Crippen LogP contribution in [0.15, 0.2) is 0 Å². The zero-order chi connectivity index (χ0) is 0. The van der Waals surface area contributed by atoms with Gasteiger partial charge in [-0.3, -0.25) is 0 Å². The molecule has 32 valence electrons. The Balaban J connectivity index is 0. The fourth-order valence-electron chi connectivity index (χ4n) is 0. The molecule has 0 aliphatic heterocycles. The fourth-order valence-corrected chi connectivity index (χ4v) is 0. The van der Waals surface area contributed by atoms with Gasteiger partial charge in [0.05, 0.1) is 0 Å². The zero-order valence-electron chi connectivity index (χ0n) is 5.65. The molecule has 0 saturated heterocycles. The van der Waals surface area contributed by atoms with Crippen LogP contribution < -0.4 is 253 Å². The normalized spacial score (nSPS) is 0. The van der Waals surface area contributed by atoms with E-state index in [4.69, 9.17) is 0 Å². The third-order valence-corrected chi connectivity index (χ3v) is 0. The Hall–Kier alpha value is 8.71. The minimum Gasteiger partial charge on any atom is -1.00 e. The van der Waals surface area contributed by atoms with Crippen molar-refractivity contribution in [3.05, 3.63) is 0 Å². The van der Waals surface area contributed by atoms with Gasteiger partial charge in [-0.2, -0.15) is 0 Å². The maximum absolute atomic E-state index is 0. The van der Waals surface area contributed by atoms with Crippen molar-refractivity contribution in [1.82, 2.24) is 0 Å². The van der Waals surface area contributed by atoms with Crippen LogP contribution in [0.4, 0.5) is 0 Å². The molecule has 0 unspecified atom stereocenters. The fraction of sp³-hybridized carbons (Fsp3) is 0. The first-order valence-corrected chi connectivity index (χ1v) is 0. The first kappa shape index (κ1) is 54.4. The molecule has 0 heterocycles. The van der Waals surface area contributed by atoms with Crippen molar-refractivity contribution >= 4 is 27.0 Å². The van der Waals surface area contributed by atoms with Crippen LogP contribution in [0.5, 0.6) is 0 Å². The molecule has 0 nitrogen and oxygen atoms in total. The molecule has 8 heteroatoms. The molecular formula is H2I2K4S2. The van der Waals surface area contributed by atoms with Gasteiger partial charge in [-0.25, -0.2) is 0 Å². The van der Waals surface area contributed by atoms with Gasteiger partial charge < -0.3 is 74.9 Å². The summed E-state index contributed by atoms with van der Waals surface area (Å²) in [6, 6.07) is 0. The van der Waals surface area contributed by atoms with E-state index >= 15 is 0 Å². The van der Waals surface area contributed by atoms with E-state index in [2.05, 4.69) is 0 Å². The van der Waals surface area contributed by atoms with Crippen LogP contribution >= 0.6 is 0 Å². The van der Waals surface area contributed by atoms with Gasteiger partial charge in [0.1, 0.15) is 0 Å². The number of thiol groups is 2. The second kappa shape index (κ2) is 44.8. The molecule has 0 aliphatic rings. The number of hydrogen-bond acceptors (Lipinski definition) is 2. The molecule has 0 radical (unpaired) electrons. The topological polar surface area (TPSA) is 0 Å². The molecule has 0 aromatic heterocycles. The number of rotatable bonds is 0. The first-order valence-electron chi connectivity index (χ1n) is 0. The van der Waals surface area contributed by atoms with Crippen LogP contribution in [-0.2, 0) is 27.0 Å². The minimum atomic E-state index is 0. The molecule has 0 amide bonds. The Kier molecular flexibility index (Phi) is 305. The van der Waals surface area contributed by atoms with Gasteiger partial charge in [-0.05, 0) is 0 Å². The van der Waals surface area contributed by atoms with E-state index in [1.54, 1.807) is 0 Å². The smallest absolute Gasteiger partial charge is 1.00 e. The van der Waals surface area contributed by atoms with Gasteiger partial charge in [0.25, 0.3) is 0 Å². The summed E-state index contributed by atoms with van der Waals surface area (Å²) in [4.78, 5) is 0. The molecule has 0 saturated carbocycles. The van der Waals surface area contributed by atoms with Crippen LogP contribution in [0.2, 0.25) is 0 Å². The summed E-state index contributed by atoms with van der Waals surface area (Å²) in [5.74, 6) is 0. The maximum atomic E-state index is 0. The Labute approximate surface area is 270 Å². The van der Waals surface area contributed by atoms with Gasteiger partial charge in [-0.15, -0.1) is 0 Å². The van der Waals surface area contributed by atoms with E-state index in [-0.39, 0.29) is 280 Å². The van der Waals surface area contributed by atoms with Crippen LogP contribution in [0.1, 0.15) is 0 Å². The van der Waals surface area contributed by atoms with Crippen LogP contribution in [-0.4, -0.2) is 0 Å². The molecular weight excluding hydrogens is 474 g/mol. The van der Waals surface area contributed by atoms with Crippen LogP contribution in [0.25, 0.3) is 0 Å². The number of hydrogen-bond donors (Lipinski definition) is 0. The van der Waals surface area contributed by atoms with E-state index in [1.807, 2.05) is 0 Å². The Morgan fingerprint density at radius 1 is 0.375 bits per heavy atom. The monoisotopic (exact) mass is 476 g/mol. The van der Waals surface area contributed by atoms with Gasteiger partial charge >= 0.3 is 206 Å². The summed E-state index contributed by atoms with van der Waals surface area (Å²) < 4.78 is 0. The largest absolute Gasteiger partial charge is 1.00 e. The van der Waals surface area contributed by atoms with Crippen molar-refractivity contribution in [2.45, 2.75) is 0 Å². The predicted molar refractivity (Wildman–Crippen MR) is 17.5 cm³/mol. The number of halogens is 2. The average molecular weight is 476 g/mol. The summed E-state index contributed by atoms with van der Waals surface area (Å²) in [5.41, 5.74) is 0. The van der Waals surface area contributed by atoms with Crippen molar-refractivity contribution in [3.8, 4) is 0 Å². The molecule has 0 N–H and O–H groups in total. The van der Waals surface area contributed by atoms with E-state index in [9.17, 15) is 0 Å². The van der Waals surface area contributed by atoms with Gasteiger partial charge in [-0.1, -0.05) is 0 Å². The molecule has 0 aliphatic carbocycles. The second-order valence-corrected chi connectivity index (χ2v) is 0. The molecule has 0 aromatic rings. The summed E-state index contributed by atoms with van der Waals surface area (Å²) >= 11 is 0. The third-order valence-electron chi connectivity index (χ3n) is 0. The standard InChI is InChI=1S/2HI.4K.2H2S/h2*1H;;;;;2*1H2/q;;4*+1;;/p-4. The summed E-state index contributed by atoms with van der Waals surface area (Å²) in [7, 11) is 0. The minimum absolute atomic E-state index is 0. The third kappa shape index (κ3) is 36.4. The molecule has 8 heavy (non-hydrogen) atoms. The van der Waals surface area contributed by atoms with Crippen molar-refractivity contribution in [3.63, 3.8) is 0 Å². The van der Waals surface area contributed by atoms with Crippen LogP contribution in [0, 0.1) is 0 Å². The molecule has 0 bridgehead atoms. The van der Waals surface area contributed by atoms with E-state index < -0.39 is 0 Å². The molecule has 0 aromatic carbocycles. The van der Waals surface area contributed by atoms with E-state index in [0.29, 0.717) is 0 Å². The average Bonchev–Trinajstić information content (AvgIpc) is 0. The van der Waals surface area contributed by atoms with E-state index in [1.165, 1.54) is 0 Å². The van der Waals surface area contributed by atoms with E-state index in [0.717, 1.165) is 0 Å². The van der Waals surface area contributed by atoms with Crippen molar-refractivity contribution in [2.75, 3.05) is 0 Å². The SMILES string of the molecule is [I-].[I-].[K+].[K+].[K+].[K+].[SH-].[SH-]. The second-order valence-electron chi connectivity index (χ2n) is 0. The molecule has 0 fully saturated rings. The Morgan fingerprint density at radius 2 is 0.375 bits per heavy atom. The quantitative estimate of drug-likeness (QED) is 0.148. The Morgan fingerprint density at radius 3 is 0.375 bits per heavy atom. The van der Waals surface area contributed by atoms with Gasteiger partial charge in [0.2, 0.25) is 0 Å². The molecule has 0 atom stereocenters. The summed E-state index contributed by atoms with van der Waals surface area (Å²) in [6.45, 7) is 0. The summed E-state index contributed by atoms with van der Waals surface area (Å²) in [6.07, 6.45) is 0. The zero-order valence-corrected chi connectivity index (χ0v) is 24.2. The van der Waals surface area contributed by atoms with Crippen molar-refractivity contribution < 1.29 is 253 Å². The van der Waals surface area contributed by atoms with Gasteiger partial charge in [0.15, 0.2) is 0 Å². The van der Waals surface area contributed by atoms with Gasteiger partial charge in [0, 0.05) is 0 Å². The maximum Gasteiger partial charge on any atom is 1.00 e. The van der Waals surface area contributed by atoms with Crippen LogP contribution in [0.3, 0.4) is 0 Å². The molecule has 0 rings (SSSR count). The molecule has 0 spiro atoms. The Bertz CT molecular complexity index is 12.0. The van der Waals surface area contributed by atoms with Crippen molar-refractivity contribution in [2.24, 2.45) is 0 Å².